The summed E-state index contributed by atoms with van der Waals surface area (Å²) >= 11 is 0. The zero-order chi connectivity index (χ0) is 18.7. The second-order valence-corrected chi connectivity index (χ2v) is 6.71. The maximum absolute atomic E-state index is 13.1. The first-order chi connectivity index (χ1) is 13.2. The minimum absolute atomic E-state index is 0.183. The van der Waals surface area contributed by atoms with Crippen LogP contribution in [0.3, 0.4) is 0 Å². The van der Waals surface area contributed by atoms with Gasteiger partial charge in [-0.15, -0.1) is 0 Å². The van der Waals surface area contributed by atoms with Crippen molar-refractivity contribution in [3.63, 3.8) is 0 Å². The van der Waals surface area contributed by atoms with E-state index < -0.39 is 11.6 Å². The molecular weight excluding hydrogens is 338 g/mol. The number of carbonyl (C=O) groups is 1. The van der Waals surface area contributed by atoms with Crippen LogP contribution in [0.15, 0.2) is 84.9 Å². The SMILES string of the molecule is CC(NC(=O)C1COc2ccccc2O1)(c1ccccc1)c1ccccc1. The summed E-state index contributed by atoms with van der Waals surface area (Å²) in [5.74, 6) is 1.04. The molecule has 136 valence electrons. The number of hydrogen-bond donors (Lipinski definition) is 1. The Morgan fingerprint density at radius 1 is 0.852 bits per heavy atom. The summed E-state index contributed by atoms with van der Waals surface area (Å²) in [4.78, 5) is 13.1. The number of nitrogens with one attached hydrogen (secondary N) is 1. The predicted octanol–water partition coefficient (Wildman–Crippen LogP) is 3.91. The van der Waals surface area contributed by atoms with Crippen LogP contribution in [0.4, 0.5) is 0 Å². The molecule has 0 spiro atoms. The molecule has 1 aliphatic rings. The van der Waals surface area contributed by atoms with Crippen molar-refractivity contribution in [3.8, 4) is 11.5 Å². The van der Waals surface area contributed by atoms with Crippen LogP contribution in [0, 0.1) is 0 Å². The van der Waals surface area contributed by atoms with Crippen LogP contribution in [0.1, 0.15) is 18.1 Å². The van der Waals surface area contributed by atoms with Crippen LogP contribution < -0.4 is 14.8 Å². The highest BCUT2D eigenvalue weighted by atomic mass is 16.6. The second kappa shape index (κ2) is 7.16. The average molecular weight is 359 g/mol. The minimum atomic E-state index is -0.702. The molecule has 1 amide bonds. The third kappa shape index (κ3) is 3.38. The van der Waals surface area contributed by atoms with E-state index in [0.29, 0.717) is 11.5 Å². The minimum Gasteiger partial charge on any atom is -0.485 e. The highest BCUT2D eigenvalue weighted by molar-refractivity contribution is 5.83. The number of ether oxygens (including phenoxy) is 2. The monoisotopic (exact) mass is 359 g/mol. The van der Waals surface area contributed by atoms with Crippen LogP contribution in [0.25, 0.3) is 0 Å². The fraction of sp³-hybridized carbons (Fsp3) is 0.174. The zero-order valence-electron chi connectivity index (χ0n) is 15.1. The molecule has 0 aromatic heterocycles. The molecule has 1 aliphatic heterocycles. The van der Waals surface area contributed by atoms with Gasteiger partial charge in [0.15, 0.2) is 11.5 Å². The van der Waals surface area contributed by atoms with Crippen LogP contribution in [-0.4, -0.2) is 18.6 Å². The van der Waals surface area contributed by atoms with Crippen molar-refractivity contribution in [2.75, 3.05) is 6.61 Å². The molecule has 0 fully saturated rings. The lowest BCUT2D eigenvalue weighted by molar-refractivity contribution is -0.131. The lowest BCUT2D eigenvalue weighted by atomic mass is 9.84. The summed E-state index contributed by atoms with van der Waals surface area (Å²) in [6, 6.07) is 27.3. The fourth-order valence-corrected chi connectivity index (χ4v) is 3.33. The van der Waals surface area contributed by atoms with Crippen molar-refractivity contribution in [3.05, 3.63) is 96.1 Å². The van der Waals surface area contributed by atoms with Gasteiger partial charge in [0.25, 0.3) is 5.91 Å². The fourth-order valence-electron chi connectivity index (χ4n) is 3.33. The van der Waals surface area contributed by atoms with Gasteiger partial charge in [0.05, 0.1) is 5.54 Å². The molecule has 3 aromatic rings. The van der Waals surface area contributed by atoms with Gasteiger partial charge in [-0.05, 0) is 30.2 Å². The Morgan fingerprint density at radius 3 is 1.96 bits per heavy atom. The van der Waals surface area contributed by atoms with Crippen LogP contribution >= 0.6 is 0 Å². The van der Waals surface area contributed by atoms with Crippen molar-refractivity contribution in [2.45, 2.75) is 18.6 Å². The van der Waals surface area contributed by atoms with Gasteiger partial charge in [-0.3, -0.25) is 4.79 Å². The molecule has 0 bridgehead atoms. The van der Waals surface area contributed by atoms with E-state index in [2.05, 4.69) is 5.32 Å². The molecule has 1 N–H and O–H groups in total. The summed E-state index contributed by atoms with van der Waals surface area (Å²) in [5.41, 5.74) is 1.32. The van der Waals surface area contributed by atoms with E-state index in [1.165, 1.54) is 0 Å². The van der Waals surface area contributed by atoms with Crippen molar-refractivity contribution in [1.29, 1.82) is 0 Å². The highest BCUT2D eigenvalue weighted by Gasteiger charge is 2.35. The van der Waals surface area contributed by atoms with Gasteiger partial charge in [0, 0.05) is 0 Å². The Hall–Kier alpha value is -3.27. The van der Waals surface area contributed by atoms with E-state index in [0.717, 1.165) is 11.1 Å². The lowest BCUT2D eigenvalue weighted by Gasteiger charge is -2.34. The van der Waals surface area contributed by atoms with Gasteiger partial charge in [0.2, 0.25) is 6.10 Å². The van der Waals surface area contributed by atoms with Gasteiger partial charge >= 0.3 is 0 Å². The number of amides is 1. The molecule has 0 saturated carbocycles. The third-order valence-corrected chi connectivity index (χ3v) is 4.88. The zero-order valence-corrected chi connectivity index (χ0v) is 15.1. The van der Waals surface area contributed by atoms with Crippen molar-refractivity contribution in [2.24, 2.45) is 0 Å². The Labute approximate surface area is 158 Å². The average Bonchev–Trinajstić information content (AvgIpc) is 2.74. The second-order valence-electron chi connectivity index (χ2n) is 6.71. The van der Waals surface area contributed by atoms with Gasteiger partial charge in [0.1, 0.15) is 6.61 Å². The summed E-state index contributed by atoms with van der Waals surface area (Å²) in [5, 5.41) is 3.18. The molecule has 0 radical (unpaired) electrons. The number of rotatable bonds is 4. The number of hydrogen-bond acceptors (Lipinski definition) is 3. The summed E-state index contributed by atoms with van der Waals surface area (Å²) < 4.78 is 11.6. The standard InChI is InChI=1S/C23H21NO3/c1-23(17-10-4-2-5-11-17,18-12-6-3-7-13-18)24-22(25)21-16-26-19-14-8-9-15-20(19)27-21/h2-15,21H,16H2,1H3,(H,24,25). The smallest absolute Gasteiger partial charge is 0.265 e. The predicted molar refractivity (Wildman–Crippen MR) is 104 cm³/mol. The molecule has 4 heteroatoms. The molecule has 1 atom stereocenters. The van der Waals surface area contributed by atoms with Crippen molar-refractivity contribution < 1.29 is 14.3 Å². The van der Waals surface area contributed by atoms with E-state index in [1.807, 2.05) is 91.9 Å². The van der Waals surface area contributed by atoms with E-state index in [-0.39, 0.29) is 12.5 Å². The van der Waals surface area contributed by atoms with E-state index in [9.17, 15) is 4.79 Å². The largest absolute Gasteiger partial charge is 0.485 e. The first-order valence-electron chi connectivity index (χ1n) is 8.98. The first-order valence-corrected chi connectivity index (χ1v) is 8.98. The lowest BCUT2D eigenvalue weighted by Crippen LogP contribution is -2.52. The summed E-state index contributed by atoms with van der Waals surface area (Å²) in [7, 11) is 0. The Balaban J connectivity index is 1.62. The number of fused-ring (bicyclic) bond motifs is 1. The highest BCUT2D eigenvalue weighted by Crippen LogP contribution is 2.32. The van der Waals surface area contributed by atoms with Gasteiger partial charge in [-0.1, -0.05) is 72.8 Å². The molecule has 27 heavy (non-hydrogen) atoms. The number of carbonyl (C=O) groups excluding carboxylic acids is 1. The maximum atomic E-state index is 13.1. The van der Waals surface area contributed by atoms with Crippen molar-refractivity contribution >= 4 is 5.91 Å². The maximum Gasteiger partial charge on any atom is 0.265 e. The molecule has 4 nitrogen and oxygen atoms in total. The quantitative estimate of drug-likeness (QED) is 0.768. The molecule has 0 aliphatic carbocycles. The number of para-hydroxylation sites is 2. The van der Waals surface area contributed by atoms with Crippen LogP contribution in [0.5, 0.6) is 11.5 Å². The third-order valence-electron chi connectivity index (χ3n) is 4.88. The Kier molecular flexibility index (Phi) is 4.55. The first kappa shape index (κ1) is 17.2. The van der Waals surface area contributed by atoms with Gasteiger partial charge in [-0.2, -0.15) is 0 Å². The topological polar surface area (TPSA) is 47.6 Å². The van der Waals surface area contributed by atoms with E-state index >= 15 is 0 Å². The molecule has 1 unspecified atom stereocenters. The Bertz CT molecular complexity index is 885. The van der Waals surface area contributed by atoms with Crippen molar-refractivity contribution in [1.82, 2.24) is 5.32 Å². The normalized spacial score (nSPS) is 15.8. The molecule has 0 saturated heterocycles. The van der Waals surface area contributed by atoms with E-state index in [4.69, 9.17) is 9.47 Å². The van der Waals surface area contributed by atoms with E-state index in [1.54, 1.807) is 0 Å². The molecule has 4 rings (SSSR count). The summed E-state index contributed by atoms with van der Waals surface area (Å²) in [6.45, 7) is 2.19. The Morgan fingerprint density at radius 2 is 1.37 bits per heavy atom. The van der Waals surface area contributed by atoms with Crippen LogP contribution in [0.2, 0.25) is 0 Å². The molecule has 3 aromatic carbocycles. The van der Waals surface area contributed by atoms with Gasteiger partial charge < -0.3 is 14.8 Å². The molecular formula is C23H21NO3. The summed E-state index contributed by atoms with van der Waals surface area (Å²) in [6.07, 6.45) is -0.702. The van der Waals surface area contributed by atoms with Gasteiger partial charge in [-0.25, -0.2) is 0 Å². The molecule has 1 heterocycles. The number of benzene rings is 3. The van der Waals surface area contributed by atoms with Crippen LogP contribution in [-0.2, 0) is 10.3 Å².